The van der Waals surface area contributed by atoms with Gasteiger partial charge in [-0.3, -0.25) is 0 Å². The maximum atomic E-state index is 5.67. The van der Waals surface area contributed by atoms with Crippen molar-refractivity contribution in [1.82, 2.24) is 9.97 Å². The van der Waals surface area contributed by atoms with Crippen molar-refractivity contribution >= 4 is 23.1 Å². The number of hydrogen-bond donors (Lipinski definition) is 3. The zero-order chi connectivity index (χ0) is 12.1. The number of nitrogens with one attached hydrogen (secondary N) is 1. The quantitative estimate of drug-likeness (QED) is 0.737. The number of rotatable bonds is 5. The van der Waals surface area contributed by atoms with Crippen LogP contribution in [0.4, 0.5) is 11.8 Å². The van der Waals surface area contributed by atoms with Gasteiger partial charge in [-0.15, -0.1) is 11.3 Å². The predicted molar refractivity (Wildman–Crippen MR) is 71.1 cm³/mol. The Morgan fingerprint density at radius 1 is 1.35 bits per heavy atom. The smallest absolute Gasteiger partial charge is 0.222 e. The molecular weight excluding hydrogens is 234 g/mol. The van der Waals surface area contributed by atoms with E-state index in [1.807, 2.05) is 17.5 Å². The summed E-state index contributed by atoms with van der Waals surface area (Å²) in [5.41, 5.74) is 12.0. The normalized spacial score (nSPS) is 10.4. The van der Waals surface area contributed by atoms with Crippen LogP contribution in [-0.4, -0.2) is 23.1 Å². The third kappa shape index (κ3) is 3.40. The molecule has 2 rings (SSSR count). The molecule has 0 unspecified atom stereocenters. The minimum atomic E-state index is 0.290. The Morgan fingerprint density at radius 3 is 2.94 bits per heavy atom. The molecule has 0 saturated carbocycles. The summed E-state index contributed by atoms with van der Waals surface area (Å²) in [6.45, 7) is 1.24. The zero-order valence-corrected chi connectivity index (χ0v) is 10.2. The highest BCUT2D eigenvalue weighted by Gasteiger charge is 2.03. The van der Waals surface area contributed by atoms with Gasteiger partial charge in [0.25, 0.3) is 0 Å². The largest absolute Gasteiger partial charge is 0.369 e. The van der Waals surface area contributed by atoms with Gasteiger partial charge in [-0.05, 0) is 11.4 Å². The Morgan fingerprint density at radius 2 is 2.24 bits per heavy atom. The highest BCUT2D eigenvalue weighted by atomic mass is 32.1. The summed E-state index contributed by atoms with van der Waals surface area (Å²) in [6, 6.07) is 6.01. The van der Waals surface area contributed by atoms with Gasteiger partial charge in [0.15, 0.2) is 0 Å². The second kappa shape index (κ2) is 5.60. The van der Waals surface area contributed by atoms with Gasteiger partial charge < -0.3 is 16.8 Å². The van der Waals surface area contributed by atoms with E-state index in [1.165, 1.54) is 4.88 Å². The van der Waals surface area contributed by atoms with E-state index < -0.39 is 0 Å². The van der Waals surface area contributed by atoms with Gasteiger partial charge in [-0.25, -0.2) is 4.98 Å². The molecule has 17 heavy (non-hydrogen) atoms. The molecular formula is C11H15N5S. The van der Waals surface area contributed by atoms with Crippen molar-refractivity contribution in [2.45, 2.75) is 6.42 Å². The summed E-state index contributed by atoms with van der Waals surface area (Å²) in [5, 5.41) is 5.15. The van der Waals surface area contributed by atoms with Crippen LogP contribution in [0.2, 0.25) is 0 Å². The van der Waals surface area contributed by atoms with Crippen LogP contribution in [0.5, 0.6) is 0 Å². The molecule has 0 aliphatic rings. The molecule has 0 fully saturated rings. The maximum Gasteiger partial charge on any atom is 0.222 e. The summed E-state index contributed by atoms with van der Waals surface area (Å²) < 4.78 is 0. The molecule has 0 atom stereocenters. The number of hydrogen-bond acceptors (Lipinski definition) is 6. The lowest BCUT2D eigenvalue weighted by Crippen LogP contribution is -2.15. The Labute approximate surface area is 104 Å². The molecule has 0 aliphatic heterocycles. The van der Waals surface area contributed by atoms with E-state index in [0.29, 0.717) is 19.0 Å². The summed E-state index contributed by atoms with van der Waals surface area (Å²) in [6.07, 6.45) is 0.779. The lowest BCUT2D eigenvalue weighted by molar-refractivity contribution is 0.992. The van der Waals surface area contributed by atoms with Crippen molar-refractivity contribution in [1.29, 1.82) is 0 Å². The Kier molecular flexibility index (Phi) is 3.89. The SMILES string of the molecule is NCCNc1cc(Cc2cccs2)nc(N)n1. The number of nitrogen functional groups attached to an aromatic ring is 1. The van der Waals surface area contributed by atoms with Crippen molar-refractivity contribution in [3.63, 3.8) is 0 Å². The van der Waals surface area contributed by atoms with E-state index >= 15 is 0 Å². The van der Waals surface area contributed by atoms with E-state index in [4.69, 9.17) is 11.5 Å². The molecule has 90 valence electrons. The second-order valence-electron chi connectivity index (χ2n) is 3.57. The van der Waals surface area contributed by atoms with Crippen molar-refractivity contribution in [3.8, 4) is 0 Å². The molecule has 0 amide bonds. The average molecular weight is 249 g/mol. The van der Waals surface area contributed by atoms with Gasteiger partial charge in [-0.1, -0.05) is 6.07 Å². The van der Waals surface area contributed by atoms with Crippen LogP contribution in [0.25, 0.3) is 0 Å². The predicted octanol–water partition coefficient (Wildman–Crippen LogP) is 1.08. The Bertz CT molecular complexity index is 469. The first-order valence-electron chi connectivity index (χ1n) is 5.37. The summed E-state index contributed by atoms with van der Waals surface area (Å²) in [4.78, 5) is 9.58. The lowest BCUT2D eigenvalue weighted by atomic mass is 10.2. The average Bonchev–Trinajstić information content (AvgIpc) is 2.78. The molecule has 0 saturated heterocycles. The fraction of sp³-hybridized carbons (Fsp3) is 0.273. The number of anilines is 2. The van der Waals surface area contributed by atoms with Crippen LogP contribution in [0.3, 0.4) is 0 Å². The standard InChI is InChI=1S/C11H15N5S/c12-3-4-14-10-7-8(15-11(13)16-10)6-9-2-1-5-17-9/h1-2,5,7H,3-4,6,12H2,(H3,13,14,15,16). The number of aromatic nitrogens is 2. The van der Waals surface area contributed by atoms with E-state index in [9.17, 15) is 0 Å². The van der Waals surface area contributed by atoms with Crippen LogP contribution in [0, 0.1) is 0 Å². The van der Waals surface area contributed by atoms with E-state index in [0.717, 1.165) is 17.9 Å². The molecule has 6 heteroatoms. The minimum absolute atomic E-state index is 0.290. The maximum absolute atomic E-state index is 5.67. The number of thiophene rings is 1. The van der Waals surface area contributed by atoms with Crippen LogP contribution in [0.1, 0.15) is 10.6 Å². The number of nitrogens with zero attached hydrogens (tertiary/aromatic N) is 2. The van der Waals surface area contributed by atoms with Gasteiger partial charge in [0, 0.05) is 30.5 Å². The minimum Gasteiger partial charge on any atom is -0.369 e. The highest BCUT2D eigenvalue weighted by Crippen LogP contribution is 2.16. The number of nitrogens with two attached hydrogens (primary N) is 2. The van der Waals surface area contributed by atoms with Crippen LogP contribution in [0.15, 0.2) is 23.6 Å². The van der Waals surface area contributed by atoms with Crippen LogP contribution >= 0.6 is 11.3 Å². The topological polar surface area (TPSA) is 89.8 Å². The van der Waals surface area contributed by atoms with Crippen LogP contribution in [-0.2, 0) is 6.42 Å². The molecule has 5 N–H and O–H groups in total. The van der Waals surface area contributed by atoms with Gasteiger partial charge in [0.2, 0.25) is 5.95 Å². The van der Waals surface area contributed by atoms with Crippen molar-refractivity contribution in [3.05, 3.63) is 34.2 Å². The van der Waals surface area contributed by atoms with Gasteiger partial charge in [-0.2, -0.15) is 4.98 Å². The van der Waals surface area contributed by atoms with E-state index in [2.05, 4.69) is 21.4 Å². The summed E-state index contributed by atoms with van der Waals surface area (Å²) in [5.74, 6) is 1.02. The Hall–Kier alpha value is -1.66. The molecule has 0 radical (unpaired) electrons. The molecule has 0 bridgehead atoms. The fourth-order valence-electron chi connectivity index (χ4n) is 1.49. The zero-order valence-electron chi connectivity index (χ0n) is 9.39. The van der Waals surface area contributed by atoms with Crippen molar-refractivity contribution in [2.24, 2.45) is 5.73 Å². The Balaban J connectivity index is 2.13. The fourth-order valence-corrected chi connectivity index (χ4v) is 2.21. The van der Waals surface area contributed by atoms with Crippen molar-refractivity contribution in [2.75, 3.05) is 24.1 Å². The molecule has 0 aliphatic carbocycles. The summed E-state index contributed by atoms with van der Waals surface area (Å²) >= 11 is 1.71. The lowest BCUT2D eigenvalue weighted by Gasteiger charge is -2.06. The van der Waals surface area contributed by atoms with E-state index in [1.54, 1.807) is 11.3 Å². The first-order valence-corrected chi connectivity index (χ1v) is 6.25. The monoisotopic (exact) mass is 249 g/mol. The molecule has 2 aromatic rings. The summed E-state index contributed by atoms with van der Waals surface area (Å²) in [7, 11) is 0. The van der Waals surface area contributed by atoms with Gasteiger partial charge in [0.1, 0.15) is 5.82 Å². The molecule has 5 nitrogen and oxygen atoms in total. The molecule has 0 spiro atoms. The first kappa shape index (κ1) is 11.8. The van der Waals surface area contributed by atoms with Gasteiger partial charge in [0.05, 0.1) is 5.69 Å². The highest BCUT2D eigenvalue weighted by molar-refractivity contribution is 7.09. The molecule has 0 aromatic carbocycles. The van der Waals surface area contributed by atoms with Gasteiger partial charge >= 0.3 is 0 Å². The van der Waals surface area contributed by atoms with Crippen LogP contribution < -0.4 is 16.8 Å². The third-order valence-corrected chi connectivity index (χ3v) is 3.06. The van der Waals surface area contributed by atoms with Crippen molar-refractivity contribution < 1.29 is 0 Å². The molecule has 2 heterocycles. The van der Waals surface area contributed by atoms with E-state index in [-0.39, 0.29) is 0 Å². The second-order valence-corrected chi connectivity index (χ2v) is 4.61. The first-order chi connectivity index (χ1) is 8.28. The molecule has 2 aromatic heterocycles. The third-order valence-electron chi connectivity index (χ3n) is 2.18.